The molecule has 0 N–H and O–H groups in total. The third-order valence-electron chi connectivity index (χ3n) is 4.35. The Bertz CT molecular complexity index is 1170. The van der Waals surface area contributed by atoms with Gasteiger partial charge >= 0.3 is 0 Å². The van der Waals surface area contributed by atoms with Crippen LogP contribution in [-0.4, -0.2) is 16.7 Å². The van der Waals surface area contributed by atoms with Crippen molar-refractivity contribution >= 4 is 43.4 Å². The summed E-state index contributed by atoms with van der Waals surface area (Å²) in [6.07, 6.45) is 0. The van der Waals surface area contributed by atoms with Crippen LogP contribution in [0.3, 0.4) is 0 Å². The van der Waals surface area contributed by atoms with E-state index in [1.54, 1.807) is 18.4 Å². The molecule has 3 nitrogen and oxygen atoms in total. The van der Waals surface area contributed by atoms with Crippen molar-refractivity contribution in [3.8, 4) is 10.9 Å². The van der Waals surface area contributed by atoms with Gasteiger partial charge in [0.2, 0.25) is 0 Å². The molecule has 0 fully saturated rings. The quantitative estimate of drug-likeness (QED) is 0.433. The molecule has 0 unspecified atom stereocenters. The lowest BCUT2D eigenvalue weighted by atomic mass is 10.1. The van der Waals surface area contributed by atoms with Gasteiger partial charge in [0.25, 0.3) is 0 Å². The minimum atomic E-state index is 0.854. The maximum atomic E-state index is 5.44. The number of ether oxygens (including phenoxy) is 1. The van der Waals surface area contributed by atoms with E-state index in [9.17, 15) is 0 Å². The lowest BCUT2D eigenvalue weighted by molar-refractivity contribution is 0.415. The fourth-order valence-electron chi connectivity index (χ4n) is 3.24. The summed E-state index contributed by atoms with van der Waals surface area (Å²) in [4.78, 5) is 4.85. The van der Waals surface area contributed by atoms with E-state index >= 15 is 0 Å². The van der Waals surface area contributed by atoms with Crippen molar-refractivity contribution in [2.45, 2.75) is 0 Å². The zero-order chi connectivity index (χ0) is 16.1. The largest absolute Gasteiger partial charge is 0.497 e. The van der Waals surface area contributed by atoms with Crippen LogP contribution >= 0.6 is 11.3 Å². The minimum absolute atomic E-state index is 0.854. The Labute approximate surface area is 142 Å². The molecule has 4 heteroatoms. The molecule has 0 bridgehead atoms. The second-order valence-electron chi connectivity index (χ2n) is 5.70. The van der Waals surface area contributed by atoms with E-state index in [4.69, 9.17) is 9.72 Å². The van der Waals surface area contributed by atoms with Gasteiger partial charge in [-0.3, -0.25) is 4.57 Å². The van der Waals surface area contributed by atoms with Crippen LogP contribution in [0.25, 0.3) is 37.2 Å². The van der Waals surface area contributed by atoms with Crippen LogP contribution in [0.2, 0.25) is 0 Å². The number of hydrogen-bond acceptors (Lipinski definition) is 3. The number of hydrogen-bond donors (Lipinski definition) is 0. The van der Waals surface area contributed by atoms with Gasteiger partial charge in [0.05, 0.1) is 28.4 Å². The fourth-order valence-corrected chi connectivity index (χ4v) is 4.23. The highest BCUT2D eigenvalue weighted by atomic mass is 32.1. The molecular formula is C20H14N2OS. The highest BCUT2D eigenvalue weighted by molar-refractivity contribution is 7.20. The summed E-state index contributed by atoms with van der Waals surface area (Å²) in [7, 11) is 1.70. The zero-order valence-corrected chi connectivity index (χ0v) is 13.9. The maximum Gasteiger partial charge on any atom is 0.195 e. The molecule has 0 saturated heterocycles. The summed E-state index contributed by atoms with van der Waals surface area (Å²) in [6, 6.07) is 22.9. The van der Waals surface area contributed by atoms with Crippen molar-refractivity contribution < 1.29 is 4.74 Å². The number of rotatable bonds is 2. The molecule has 0 atom stereocenters. The molecule has 2 heterocycles. The molecule has 24 heavy (non-hydrogen) atoms. The first-order valence-corrected chi connectivity index (χ1v) is 8.60. The van der Waals surface area contributed by atoms with Crippen LogP contribution in [-0.2, 0) is 0 Å². The average molecular weight is 330 g/mol. The van der Waals surface area contributed by atoms with Crippen molar-refractivity contribution in [2.75, 3.05) is 7.11 Å². The molecular weight excluding hydrogens is 316 g/mol. The van der Waals surface area contributed by atoms with Crippen molar-refractivity contribution in [2.24, 2.45) is 0 Å². The first-order valence-electron chi connectivity index (χ1n) is 7.78. The summed E-state index contributed by atoms with van der Waals surface area (Å²) < 4.78 is 8.87. The van der Waals surface area contributed by atoms with Crippen LogP contribution in [0, 0.1) is 0 Å². The third kappa shape index (κ3) is 1.87. The molecule has 0 aliphatic heterocycles. The van der Waals surface area contributed by atoms with Crippen LogP contribution in [0.15, 0.2) is 66.7 Å². The van der Waals surface area contributed by atoms with E-state index < -0.39 is 0 Å². The monoisotopic (exact) mass is 330 g/mol. The first-order chi connectivity index (χ1) is 11.8. The Kier molecular flexibility index (Phi) is 2.87. The summed E-state index contributed by atoms with van der Waals surface area (Å²) >= 11 is 1.71. The standard InChI is InChI=1S/C20H14N2OS/c1-23-13-10-11-15-14-6-2-4-8-17(14)22(18(15)12-13)20-21-16-7-3-5-9-19(16)24-20/h2-12H,1H3. The van der Waals surface area contributed by atoms with Crippen molar-refractivity contribution in [1.82, 2.24) is 9.55 Å². The smallest absolute Gasteiger partial charge is 0.195 e. The molecule has 0 amide bonds. The van der Waals surface area contributed by atoms with E-state index in [1.807, 2.05) is 12.1 Å². The molecule has 0 aliphatic carbocycles. The summed E-state index contributed by atoms with van der Waals surface area (Å²) in [5.41, 5.74) is 3.32. The van der Waals surface area contributed by atoms with E-state index in [2.05, 4.69) is 59.2 Å². The molecule has 0 spiro atoms. The predicted octanol–water partition coefficient (Wildman–Crippen LogP) is 5.40. The Morgan fingerprint density at radius 3 is 2.54 bits per heavy atom. The van der Waals surface area contributed by atoms with Gasteiger partial charge < -0.3 is 4.74 Å². The van der Waals surface area contributed by atoms with Crippen LogP contribution in [0.5, 0.6) is 5.75 Å². The lowest BCUT2D eigenvalue weighted by Gasteiger charge is -2.04. The fraction of sp³-hybridized carbons (Fsp3) is 0.0500. The van der Waals surface area contributed by atoms with E-state index in [0.717, 1.165) is 21.9 Å². The topological polar surface area (TPSA) is 27.1 Å². The van der Waals surface area contributed by atoms with Gasteiger partial charge in [0, 0.05) is 16.8 Å². The van der Waals surface area contributed by atoms with Crippen LogP contribution < -0.4 is 4.74 Å². The third-order valence-corrected chi connectivity index (χ3v) is 5.38. The molecule has 5 rings (SSSR count). The van der Waals surface area contributed by atoms with Gasteiger partial charge in [-0.05, 0) is 30.3 Å². The number of para-hydroxylation sites is 2. The molecule has 0 radical (unpaired) electrons. The van der Waals surface area contributed by atoms with E-state index in [1.165, 1.54) is 21.0 Å². The number of benzene rings is 3. The van der Waals surface area contributed by atoms with Gasteiger partial charge in [-0.25, -0.2) is 4.98 Å². The Hall–Kier alpha value is -2.85. The Morgan fingerprint density at radius 1 is 0.875 bits per heavy atom. The molecule has 116 valence electrons. The molecule has 2 aromatic heterocycles. The van der Waals surface area contributed by atoms with Gasteiger partial charge in [0.15, 0.2) is 5.13 Å². The SMILES string of the molecule is COc1ccc2c3ccccc3n(-c3nc4ccccc4s3)c2c1. The summed E-state index contributed by atoms with van der Waals surface area (Å²) in [6.45, 7) is 0. The second-order valence-corrected chi connectivity index (χ2v) is 6.71. The number of methoxy groups -OCH3 is 1. The maximum absolute atomic E-state index is 5.44. The first kappa shape index (κ1) is 13.6. The van der Waals surface area contributed by atoms with E-state index in [0.29, 0.717) is 0 Å². The number of fused-ring (bicyclic) bond motifs is 4. The second kappa shape index (κ2) is 5.08. The average Bonchev–Trinajstić information content (AvgIpc) is 3.19. The van der Waals surface area contributed by atoms with E-state index in [-0.39, 0.29) is 0 Å². The predicted molar refractivity (Wildman–Crippen MR) is 101 cm³/mol. The summed E-state index contributed by atoms with van der Waals surface area (Å²) in [5, 5.41) is 3.43. The van der Waals surface area contributed by atoms with Gasteiger partial charge in [0.1, 0.15) is 5.75 Å². The van der Waals surface area contributed by atoms with Gasteiger partial charge in [-0.1, -0.05) is 41.7 Å². The summed E-state index contributed by atoms with van der Waals surface area (Å²) in [5.74, 6) is 0.854. The van der Waals surface area contributed by atoms with Gasteiger partial charge in [-0.2, -0.15) is 0 Å². The van der Waals surface area contributed by atoms with Crippen molar-refractivity contribution in [3.05, 3.63) is 66.7 Å². The molecule has 0 saturated carbocycles. The van der Waals surface area contributed by atoms with Crippen LogP contribution in [0.1, 0.15) is 0 Å². The zero-order valence-electron chi connectivity index (χ0n) is 13.1. The van der Waals surface area contributed by atoms with Crippen LogP contribution in [0.4, 0.5) is 0 Å². The Balaban J connectivity index is 1.93. The molecule has 0 aliphatic rings. The molecule has 3 aromatic carbocycles. The normalized spacial score (nSPS) is 11.5. The number of nitrogens with zero attached hydrogens (tertiary/aromatic N) is 2. The van der Waals surface area contributed by atoms with Crippen molar-refractivity contribution in [1.29, 1.82) is 0 Å². The number of aromatic nitrogens is 2. The highest BCUT2D eigenvalue weighted by Gasteiger charge is 2.15. The number of thiazole rings is 1. The van der Waals surface area contributed by atoms with Gasteiger partial charge in [-0.15, -0.1) is 0 Å². The lowest BCUT2D eigenvalue weighted by Crippen LogP contribution is -1.93. The minimum Gasteiger partial charge on any atom is -0.497 e. The molecule has 5 aromatic rings. The Morgan fingerprint density at radius 2 is 1.67 bits per heavy atom. The highest BCUT2D eigenvalue weighted by Crippen LogP contribution is 2.36. The van der Waals surface area contributed by atoms with Crippen molar-refractivity contribution in [3.63, 3.8) is 0 Å².